The molecule has 0 bridgehead atoms. The van der Waals surface area contributed by atoms with E-state index in [0.29, 0.717) is 23.1 Å². The maximum Gasteiger partial charge on any atom is 0.270 e. The molecule has 1 aliphatic heterocycles. The number of ether oxygens (including phenoxy) is 1. The minimum atomic E-state index is -0.409. The summed E-state index contributed by atoms with van der Waals surface area (Å²) in [5.74, 6) is 1.68. The topological polar surface area (TPSA) is 90.2 Å². The van der Waals surface area contributed by atoms with Crippen LogP contribution >= 0.6 is 0 Å². The van der Waals surface area contributed by atoms with Gasteiger partial charge in [-0.05, 0) is 31.2 Å². The highest BCUT2D eigenvalue weighted by atomic mass is 16.6. The van der Waals surface area contributed by atoms with E-state index in [2.05, 4.69) is 27.4 Å². The Hall–Kier alpha value is -3.32. The molecule has 4 rings (SSSR count). The lowest BCUT2D eigenvalue weighted by Gasteiger charge is -2.23. The normalized spacial score (nSPS) is 16.9. The lowest BCUT2D eigenvalue weighted by Crippen LogP contribution is -2.17. The number of rotatable bonds is 7. The molecule has 1 N–H and O–H groups in total. The molecule has 1 saturated heterocycles. The van der Waals surface area contributed by atoms with E-state index in [-0.39, 0.29) is 11.7 Å². The van der Waals surface area contributed by atoms with Gasteiger partial charge in [-0.3, -0.25) is 10.1 Å². The third kappa shape index (κ3) is 4.80. The fourth-order valence-corrected chi connectivity index (χ4v) is 3.77. The predicted octanol–water partition coefficient (Wildman–Crippen LogP) is 4.94. The Balaban J connectivity index is 1.63. The van der Waals surface area contributed by atoms with Crippen LogP contribution in [0.1, 0.15) is 30.1 Å². The number of non-ortho nitro benzene ring substituents is 1. The van der Waals surface area contributed by atoms with Crippen LogP contribution in [0, 0.1) is 23.0 Å². The van der Waals surface area contributed by atoms with Crippen molar-refractivity contribution in [1.29, 1.82) is 0 Å². The molecule has 0 amide bonds. The molecule has 2 heterocycles. The van der Waals surface area contributed by atoms with E-state index < -0.39 is 4.92 Å². The largest absolute Gasteiger partial charge is 0.381 e. The van der Waals surface area contributed by atoms with Crippen LogP contribution in [0.25, 0.3) is 11.4 Å². The van der Waals surface area contributed by atoms with Gasteiger partial charge in [0.25, 0.3) is 5.69 Å². The summed E-state index contributed by atoms with van der Waals surface area (Å²) in [6.07, 6.45) is 2.01. The Kier molecular flexibility index (Phi) is 5.99. The number of aryl methyl sites for hydroxylation is 1. The van der Waals surface area contributed by atoms with Gasteiger partial charge in [-0.2, -0.15) is 0 Å². The van der Waals surface area contributed by atoms with Crippen LogP contribution in [0.3, 0.4) is 0 Å². The second-order valence-corrected chi connectivity index (χ2v) is 7.60. The minimum Gasteiger partial charge on any atom is -0.381 e. The van der Waals surface area contributed by atoms with Gasteiger partial charge in [0, 0.05) is 42.7 Å². The first-order valence-corrected chi connectivity index (χ1v) is 10.1. The molecule has 2 atom stereocenters. The Morgan fingerprint density at radius 3 is 2.73 bits per heavy atom. The number of benzene rings is 2. The summed E-state index contributed by atoms with van der Waals surface area (Å²) in [4.78, 5) is 19.9. The van der Waals surface area contributed by atoms with E-state index in [1.54, 1.807) is 12.1 Å². The van der Waals surface area contributed by atoms with E-state index >= 15 is 0 Å². The van der Waals surface area contributed by atoms with Gasteiger partial charge >= 0.3 is 0 Å². The van der Waals surface area contributed by atoms with E-state index in [1.165, 1.54) is 17.7 Å². The molecule has 0 saturated carbocycles. The molecule has 154 valence electrons. The van der Waals surface area contributed by atoms with Crippen molar-refractivity contribution in [2.45, 2.75) is 25.8 Å². The highest BCUT2D eigenvalue weighted by Gasteiger charge is 2.22. The minimum absolute atomic E-state index is 0.0236. The highest BCUT2D eigenvalue weighted by molar-refractivity contribution is 5.61. The van der Waals surface area contributed by atoms with Gasteiger partial charge in [0.15, 0.2) is 5.82 Å². The zero-order valence-corrected chi connectivity index (χ0v) is 16.8. The van der Waals surface area contributed by atoms with Crippen molar-refractivity contribution in [3.05, 3.63) is 82.0 Å². The van der Waals surface area contributed by atoms with Crippen molar-refractivity contribution < 1.29 is 9.66 Å². The van der Waals surface area contributed by atoms with E-state index in [9.17, 15) is 10.1 Å². The first-order chi connectivity index (χ1) is 14.6. The number of aromatic nitrogens is 2. The molecule has 7 heteroatoms. The first kappa shape index (κ1) is 20.0. The molecule has 30 heavy (non-hydrogen) atoms. The molecule has 2 aromatic carbocycles. The number of nitro groups is 1. The van der Waals surface area contributed by atoms with Gasteiger partial charge in [-0.1, -0.05) is 42.5 Å². The van der Waals surface area contributed by atoms with Crippen LogP contribution < -0.4 is 5.32 Å². The van der Waals surface area contributed by atoms with Crippen molar-refractivity contribution in [3.8, 4) is 11.4 Å². The van der Waals surface area contributed by atoms with Gasteiger partial charge in [0.1, 0.15) is 5.82 Å². The van der Waals surface area contributed by atoms with Gasteiger partial charge in [0.05, 0.1) is 11.0 Å². The number of nitrogens with zero attached hydrogens (tertiary/aromatic N) is 3. The van der Waals surface area contributed by atoms with Gasteiger partial charge in [-0.25, -0.2) is 9.97 Å². The molecule has 1 fully saturated rings. The number of anilines is 1. The molecule has 0 radical (unpaired) electrons. The van der Waals surface area contributed by atoms with Crippen LogP contribution in [0.5, 0.6) is 0 Å². The summed E-state index contributed by atoms with van der Waals surface area (Å²) >= 11 is 0. The Bertz CT molecular complexity index is 1020. The van der Waals surface area contributed by atoms with Crippen molar-refractivity contribution >= 4 is 11.5 Å². The summed E-state index contributed by atoms with van der Waals surface area (Å²) < 4.78 is 5.56. The second-order valence-electron chi connectivity index (χ2n) is 7.60. The van der Waals surface area contributed by atoms with Gasteiger partial charge < -0.3 is 10.1 Å². The van der Waals surface area contributed by atoms with Crippen LogP contribution in [0.15, 0.2) is 60.7 Å². The lowest BCUT2D eigenvalue weighted by atomic mass is 9.94. The third-order valence-corrected chi connectivity index (χ3v) is 5.29. The van der Waals surface area contributed by atoms with E-state index in [0.717, 1.165) is 31.7 Å². The maximum atomic E-state index is 11.1. The molecule has 0 spiro atoms. The summed E-state index contributed by atoms with van der Waals surface area (Å²) in [6.45, 7) is 3.50. The van der Waals surface area contributed by atoms with Crippen molar-refractivity contribution in [3.63, 3.8) is 0 Å². The second kappa shape index (κ2) is 9.00. The number of nitrogens with one attached hydrogen (secondary N) is 1. The summed E-state index contributed by atoms with van der Waals surface area (Å²) in [6, 6.07) is 18.7. The molecular formula is C23H24N4O3. The lowest BCUT2D eigenvalue weighted by molar-refractivity contribution is -0.384. The Morgan fingerprint density at radius 1 is 1.17 bits per heavy atom. The quantitative estimate of drug-likeness (QED) is 0.443. The number of nitro benzene ring substituents is 1. The summed E-state index contributed by atoms with van der Waals surface area (Å²) in [7, 11) is 0. The molecule has 0 aliphatic carbocycles. The first-order valence-electron chi connectivity index (χ1n) is 10.1. The SMILES string of the molecule is Cc1cc(NC(CC2CCOC2)c2ccccc2)nc(-c2cccc([N+](=O)[O-])c2)n1. The van der Waals surface area contributed by atoms with Crippen molar-refractivity contribution in [2.24, 2.45) is 5.92 Å². The van der Waals surface area contributed by atoms with Crippen molar-refractivity contribution in [1.82, 2.24) is 9.97 Å². The van der Waals surface area contributed by atoms with Crippen LogP contribution in [-0.2, 0) is 4.74 Å². The summed E-state index contributed by atoms with van der Waals surface area (Å²) in [5.41, 5.74) is 2.63. The fraction of sp³-hybridized carbons (Fsp3) is 0.304. The van der Waals surface area contributed by atoms with E-state index in [4.69, 9.17) is 4.74 Å². The predicted molar refractivity (Wildman–Crippen MR) is 115 cm³/mol. The molecule has 1 aliphatic rings. The van der Waals surface area contributed by atoms with Crippen LogP contribution in [0.2, 0.25) is 0 Å². The average molecular weight is 404 g/mol. The van der Waals surface area contributed by atoms with Crippen LogP contribution in [0.4, 0.5) is 11.5 Å². The highest BCUT2D eigenvalue weighted by Crippen LogP contribution is 2.30. The van der Waals surface area contributed by atoms with Gasteiger partial charge in [-0.15, -0.1) is 0 Å². The summed E-state index contributed by atoms with van der Waals surface area (Å²) in [5, 5.41) is 14.7. The fourth-order valence-electron chi connectivity index (χ4n) is 3.77. The Labute approximate surface area is 175 Å². The standard InChI is InChI=1S/C23H24N4O3/c1-16-12-22(26-23(24-16)19-8-5-9-20(14-19)27(28)29)25-21(13-17-10-11-30-15-17)18-6-3-2-4-7-18/h2-9,12,14,17,21H,10-11,13,15H2,1H3,(H,24,25,26). The molecule has 1 aromatic heterocycles. The zero-order chi connectivity index (χ0) is 20.9. The molecular weight excluding hydrogens is 380 g/mol. The van der Waals surface area contributed by atoms with Gasteiger partial charge in [0.2, 0.25) is 0 Å². The molecule has 3 aromatic rings. The maximum absolute atomic E-state index is 11.1. The van der Waals surface area contributed by atoms with E-state index in [1.807, 2.05) is 31.2 Å². The Morgan fingerprint density at radius 2 is 2.00 bits per heavy atom. The molecule has 7 nitrogen and oxygen atoms in total. The van der Waals surface area contributed by atoms with Crippen LogP contribution in [-0.4, -0.2) is 28.1 Å². The smallest absolute Gasteiger partial charge is 0.270 e. The number of hydrogen-bond donors (Lipinski definition) is 1. The zero-order valence-electron chi connectivity index (χ0n) is 16.8. The third-order valence-electron chi connectivity index (χ3n) is 5.29. The average Bonchev–Trinajstić information content (AvgIpc) is 3.27. The molecule has 2 unspecified atom stereocenters. The number of hydrogen-bond acceptors (Lipinski definition) is 6. The van der Waals surface area contributed by atoms with Crippen molar-refractivity contribution in [2.75, 3.05) is 18.5 Å². The monoisotopic (exact) mass is 404 g/mol.